The van der Waals surface area contributed by atoms with Gasteiger partial charge in [0.05, 0.1) is 29.0 Å². The Bertz CT molecular complexity index is 1030. The summed E-state index contributed by atoms with van der Waals surface area (Å²) in [5.74, 6) is -1.29. The van der Waals surface area contributed by atoms with Gasteiger partial charge in [0, 0.05) is 13.1 Å². The van der Waals surface area contributed by atoms with Gasteiger partial charge in [-0.05, 0) is 24.3 Å². The lowest BCUT2D eigenvalue weighted by Gasteiger charge is -2.08. The Morgan fingerprint density at radius 3 is 2.79 bits per heavy atom. The number of anilines is 1. The first kappa shape index (κ1) is 19.6. The van der Waals surface area contributed by atoms with Crippen LogP contribution in [-0.2, 0) is 17.9 Å². The van der Waals surface area contributed by atoms with E-state index in [1.807, 2.05) is 0 Å². The monoisotopic (exact) mass is 409 g/mol. The Hall–Kier alpha value is -3.20. The molecule has 0 aliphatic rings. The van der Waals surface area contributed by atoms with Crippen LogP contribution in [0.1, 0.15) is 28.8 Å². The number of hydrogen-bond donors (Lipinski definition) is 1. The van der Waals surface area contributed by atoms with Gasteiger partial charge < -0.3 is 9.15 Å². The first-order valence-electron chi connectivity index (χ1n) is 8.01. The summed E-state index contributed by atoms with van der Waals surface area (Å²) in [5.41, 5.74) is -0.146. The number of nitrogens with one attached hydrogen (secondary N) is 1. The summed E-state index contributed by atoms with van der Waals surface area (Å²) in [5, 5.41) is 6.16. The van der Waals surface area contributed by atoms with Gasteiger partial charge in [-0.1, -0.05) is 11.6 Å². The molecule has 0 spiro atoms. The molecule has 0 radical (unpaired) electrons. The number of aromatic nitrogens is 2. The van der Waals surface area contributed by atoms with Crippen molar-refractivity contribution < 1.29 is 27.5 Å². The van der Waals surface area contributed by atoms with Gasteiger partial charge in [0.1, 0.15) is 18.2 Å². The molecule has 3 rings (SSSR count). The second-order valence-corrected chi connectivity index (χ2v) is 6.18. The topological polar surface area (TPSA) is 86.4 Å². The Morgan fingerprint density at radius 2 is 2.07 bits per heavy atom. The number of ether oxygens (including phenoxy) is 1. The molecule has 2 heterocycles. The number of ketones is 1. The van der Waals surface area contributed by atoms with E-state index in [0.29, 0.717) is 11.4 Å². The summed E-state index contributed by atoms with van der Waals surface area (Å²) >= 11 is 5.58. The maximum atomic E-state index is 13.8. The smallest absolute Gasteiger partial charge is 0.412 e. The van der Waals surface area contributed by atoms with Crippen molar-refractivity contribution in [1.82, 2.24) is 9.78 Å². The third kappa shape index (κ3) is 4.55. The molecule has 1 aromatic carbocycles. The summed E-state index contributed by atoms with van der Waals surface area (Å²) in [7, 11) is 0. The Kier molecular flexibility index (Phi) is 5.74. The minimum atomic E-state index is -0.981. The van der Waals surface area contributed by atoms with Crippen molar-refractivity contribution in [2.45, 2.75) is 20.1 Å². The van der Waals surface area contributed by atoms with E-state index in [4.69, 9.17) is 20.8 Å². The predicted octanol–water partition coefficient (Wildman–Crippen LogP) is 4.41. The highest BCUT2D eigenvalue weighted by atomic mass is 35.5. The van der Waals surface area contributed by atoms with Gasteiger partial charge in [0.2, 0.25) is 0 Å². The van der Waals surface area contributed by atoms with E-state index in [1.54, 1.807) is 12.1 Å². The van der Waals surface area contributed by atoms with Crippen molar-refractivity contribution in [3.63, 3.8) is 0 Å². The van der Waals surface area contributed by atoms with Crippen LogP contribution in [-0.4, -0.2) is 21.7 Å². The lowest BCUT2D eigenvalue weighted by molar-refractivity contribution is 0.0985. The van der Waals surface area contributed by atoms with E-state index in [9.17, 15) is 18.4 Å². The Morgan fingerprint density at radius 1 is 1.29 bits per heavy atom. The van der Waals surface area contributed by atoms with Crippen molar-refractivity contribution in [3.8, 4) is 0 Å². The zero-order chi connectivity index (χ0) is 20.3. The van der Waals surface area contributed by atoms with E-state index < -0.39 is 29.9 Å². The van der Waals surface area contributed by atoms with Crippen molar-refractivity contribution in [2.24, 2.45) is 0 Å². The molecular weight excluding hydrogens is 396 g/mol. The number of nitrogens with zero attached hydrogens (tertiary/aromatic N) is 2. The summed E-state index contributed by atoms with van der Waals surface area (Å²) < 4.78 is 39.0. The zero-order valence-electron chi connectivity index (χ0n) is 14.5. The standard InChI is InChI=1S/C18H14ClF2N3O4/c1-10(25)16-5-2-12(28-16)8-24-7-11(6-22-24)23-18(26)27-9-13-15(20)4-3-14(19)17(13)21/h2-7H,8-9H2,1H3,(H,23,26). The second-order valence-electron chi connectivity index (χ2n) is 5.77. The van der Waals surface area contributed by atoms with E-state index in [-0.39, 0.29) is 23.1 Å². The fraction of sp³-hybridized carbons (Fsp3) is 0.167. The average molecular weight is 410 g/mol. The van der Waals surface area contributed by atoms with Crippen LogP contribution in [0.25, 0.3) is 0 Å². The molecule has 10 heteroatoms. The van der Waals surface area contributed by atoms with E-state index in [1.165, 1.54) is 24.0 Å². The lowest BCUT2D eigenvalue weighted by Crippen LogP contribution is -2.14. The molecule has 0 aliphatic carbocycles. The molecular formula is C18H14ClF2N3O4. The number of carbonyl (C=O) groups is 2. The molecule has 2 aromatic heterocycles. The summed E-state index contributed by atoms with van der Waals surface area (Å²) in [4.78, 5) is 23.1. The zero-order valence-corrected chi connectivity index (χ0v) is 15.3. The van der Waals surface area contributed by atoms with Crippen molar-refractivity contribution in [3.05, 3.63) is 70.4 Å². The highest BCUT2D eigenvalue weighted by molar-refractivity contribution is 6.30. The van der Waals surface area contributed by atoms with Gasteiger partial charge in [-0.3, -0.25) is 14.8 Å². The largest absolute Gasteiger partial charge is 0.456 e. The number of carbonyl (C=O) groups excluding carboxylic acids is 2. The third-order valence-electron chi connectivity index (χ3n) is 3.69. The molecule has 0 saturated heterocycles. The van der Waals surface area contributed by atoms with E-state index >= 15 is 0 Å². The fourth-order valence-electron chi connectivity index (χ4n) is 2.32. The molecule has 0 fully saturated rings. The van der Waals surface area contributed by atoms with Crippen molar-refractivity contribution in [1.29, 1.82) is 0 Å². The molecule has 0 atom stereocenters. The Balaban J connectivity index is 1.56. The molecule has 0 unspecified atom stereocenters. The normalized spacial score (nSPS) is 10.7. The van der Waals surface area contributed by atoms with Crippen LogP contribution in [0.3, 0.4) is 0 Å². The SMILES string of the molecule is CC(=O)c1ccc(Cn2cc(NC(=O)OCc3c(F)ccc(Cl)c3F)cn2)o1. The quantitative estimate of drug-likeness (QED) is 0.481. The third-order valence-corrected chi connectivity index (χ3v) is 3.98. The van der Waals surface area contributed by atoms with Gasteiger partial charge in [0.25, 0.3) is 0 Å². The molecule has 28 heavy (non-hydrogen) atoms. The molecule has 7 nitrogen and oxygen atoms in total. The molecule has 3 aromatic rings. The van der Waals surface area contributed by atoms with Crippen LogP contribution in [0.4, 0.5) is 19.3 Å². The number of rotatable bonds is 6. The van der Waals surface area contributed by atoms with Crippen LogP contribution in [0.15, 0.2) is 41.1 Å². The van der Waals surface area contributed by atoms with Gasteiger partial charge in [-0.2, -0.15) is 5.10 Å². The first-order chi connectivity index (χ1) is 13.3. The fourth-order valence-corrected chi connectivity index (χ4v) is 2.50. The number of furan rings is 1. The summed E-state index contributed by atoms with van der Waals surface area (Å²) in [6, 6.07) is 5.26. The van der Waals surface area contributed by atoms with E-state index in [0.717, 1.165) is 12.1 Å². The van der Waals surface area contributed by atoms with Gasteiger partial charge >= 0.3 is 6.09 Å². The first-order valence-corrected chi connectivity index (χ1v) is 8.39. The number of hydrogen-bond acceptors (Lipinski definition) is 5. The minimum absolute atomic E-state index is 0.190. The molecule has 1 N–H and O–H groups in total. The average Bonchev–Trinajstić information content (AvgIpc) is 3.28. The molecule has 0 bridgehead atoms. The van der Waals surface area contributed by atoms with E-state index in [2.05, 4.69) is 10.4 Å². The van der Waals surface area contributed by atoms with Gasteiger partial charge in [0.15, 0.2) is 17.4 Å². The van der Waals surface area contributed by atoms with Crippen LogP contribution < -0.4 is 5.32 Å². The van der Waals surface area contributed by atoms with Crippen LogP contribution in [0.2, 0.25) is 5.02 Å². The van der Waals surface area contributed by atoms with Gasteiger partial charge in [-0.25, -0.2) is 13.6 Å². The van der Waals surface area contributed by atoms with Gasteiger partial charge in [-0.15, -0.1) is 0 Å². The maximum Gasteiger partial charge on any atom is 0.412 e. The molecule has 146 valence electrons. The molecule has 0 saturated carbocycles. The number of benzene rings is 1. The molecule has 0 aliphatic heterocycles. The maximum absolute atomic E-state index is 13.8. The minimum Gasteiger partial charge on any atom is -0.456 e. The van der Waals surface area contributed by atoms with Crippen LogP contribution >= 0.6 is 11.6 Å². The van der Waals surface area contributed by atoms with Crippen LogP contribution in [0, 0.1) is 11.6 Å². The Labute approximate surface area is 162 Å². The highest BCUT2D eigenvalue weighted by Gasteiger charge is 2.15. The summed E-state index contributed by atoms with van der Waals surface area (Å²) in [6.45, 7) is 1.01. The van der Waals surface area contributed by atoms with Crippen molar-refractivity contribution in [2.75, 3.05) is 5.32 Å². The summed E-state index contributed by atoms with van der Waals surface area (Å²) in [6.07, 6.45) is 1.93. The van der Waals surface area contributed by atoms with Crippen molar-refractivity contribution >= 4 is 29.2 Å². The predicted molar refractivity (Wildman–Crippen MR) is 95.2 cm³/mol. The highest BCUT2D eigenvalue weighted by Crippen LogP contribution is 2.22. The second kappa shape index (κ2) is 8.22. The number of amides is 1. The van der Waals surface area contributed by atoms with Crippen LogP contribution in [0.5, 0.6) is 0 Å². The number of halogens is 3. The number of Topliss-reactive ketones (excluding diaryl/α,β-unsaturated/α-hetero) is 1. The lowest BCUT2D eigenvalue weighted by atomic mass is 10.2. The molecule has 1 amide bonds.